The van der Waals surface area contributed by atoms with Gasteiger partial charge >= 0.3 is 11.9 Å². The van der Waals surface area contributed by atoms with Gasteiger partial charge in [-0.1, -0.05) is 23.9 Å². The van der Waals surface area contributed by atoms with E-state index in [1.165, 1.54) is 22.7 Å². The predicted molar refractivity (Wildman–Crippen MR) is 96.2 cm³/mol. The summed E-state index contributed by atoms with van der Waals surface area (Å²) in [5, 5.41) is 0.487. The molecule has 1 unspecified atom stereocenters. The zero-order valence-electron chi connectivity index (χ0n) is 14.7. The lowest BCUT2D eigenvalue weighted by Gasteiger charge is -2.25. The molecule has 0 N–H and O–H groups in total. The molecule has 0 aliphatic carbocycles. The topological polar surface area (TPSA) is 91.4 Å². The van der Waals surface area contributed by atoms with Crippen molar-refractivity contribution in [2.24, 2.45) is 0 Å². The summed E-state index contributed by atoms with van der Waals surface area (Å²) in [6.07, 6.45) is 0.411. The van der Waals surface area contributed by atoms with Gasteiger partial charge < -0.3 is 23.8 Å². The summed E-state index contributed by atoms with van der Waals surface area (Å²) in [6.45, 7) is 2.14. The molecule has 2 heterocycles. The van der Waals surface area contributed by atoms with E-state index in [4.69, 9.17) is 18.9 Å². The van der Waals surface area contributed by atoms with Crippen LogP contribution in [-0.2, 0) is 23.9 Å². The van der Waals surface area contributed by atoms with Crippen molar-refractivity contribution in [2.75, 3.05) is 32.1 Å². The number of rotatable bonds is 6. The second kappa shape index (κ2) is 8.81. The number of ether oxygens (including phenoxy) is 4. The van der Waals surface area contributed by atoms with Crippen LogP contribution in [0.2, 0.25) is 0 Å². The maximum atomic E-state index is 12.2. The summed E-state index contributed by atoms with van der Waals surface area (Å²) in [4.78, 5) is 37.1. The monoisotopic (exact) mass is 393 g/mol. The number of hydrogen-bond acceptors (Lipinski definition) is 8. The molecule has 9 heteroatoms. The number of fused-ring (bicyclic) bond motifs is 1. The number of esters is 2. The van der Waals surface area contributed by atoms with Crippen LogP contribution >= 0.6 is 11.8 Å². The molecule has 0 aromatic heterocycles. The third kappa shape index (κ3) is 4.73. The molecule has 1 aromatic rings. The van der Waals surface area contributed by atoms with E-state index in [9.17, 15) is 14.4 Å². The minimum atomic E-state index is -0.863. The van der Waals surface area contributed by atoms with Crippen molar-refractivity contribution in [2.45, 2.75) is 13.0 Å². The van der Waals surface area contributed by atoms with Gasteiger partial charge in [0.15, 0.2) is 11.5 Å². The molecule has 1 saturated heterocycles. The van der Waals surface area contributed by atoms with Gasteiger partial charge in [-0.25, -0.2) is 9.59 Å². The zero-order valence-corrected chi connectivity index (χ0v) is 15.5. The highest BCUT2D eigenvalue weighted by atomic mass is 32.2. The van der Waals surface area contributed by atoms with Gasteiger partial charge in [0.2, 0.25) is 12.0 Å². The third-order valence-corrected chi connectivity index (χ3v) is 4.79. The average Bonchev–Trinajstić information content (AvgIpc) is 3.01. The number of nitrogens with zero attached hydrogens (tertiary/aromatic N) is 1. The van der Waals surface area contributed by atoms with Crippen LogP contribution in [0.3, 0.4) is 0 Å². The van der Waals surface area contributed by atoms with Gasteiger partial charge in [-0.05, 0) is 19.1 Å². The first-order valence-electron chi connectivity index (χ1n) is 8.45. The lowest BCUT2D eigenvalue weighted by molar-refractivity contribution is -0.155. The van der Waals surface area contributed by atoms with Crippen molar-refractivity contribution < 1.29 is 33.3 Å². The lowest BCUT2D eigenvalue weighted by Crippen LogP contribution is -2.39. The van der Waals surface area contributed by atoms with Crippen molar-refractivity contribution in [3.63, 3.8) is 0 Å². The molecule has 0 saturated carbocycles. The number of amides is 1. The molecule has 1 atom stereocenters. The van der Waals surface area contributed by atoms with E-state index in [1.54, 1.807) is 25.1 Å². The minimum absolute atomic E-state index is 0.0210. The van der Waals surface area contributed by atoms with Crippen molar-refractivity contribution in [1.82, 2.24) is 4.90 Å². The fraction of sp³-hybridized carbons (Fsp3) is 0.389. The van der Waals surface area contributed by atoms with Crippen LogP contribution in [0.25, 0.3) is 0 Å². The van der Waals surface area contributed by atoms with Crippen molar-refractivity contribution in [1.29, 1.82) is 0 Å². The first-order valence-corrected chi connectivity index (χ1v) is 9.43. The molecule has 2 aliphatic rings. The molecule has 0 spiro atoms. The maximum absolute atomic E-state index is 12.2. The minimum Gasteiger partial charge on any atom is -0.485 e. The second-order valence-corrected chi connectivity index (χ2v) is 6.60. The van der Waals surface area contributed by atoms with E-state index in [-0.39, 0.29) is 38.0 Å². The van der Waals surface area contributed by atoms with Crippen molar-refractivity contribution in [3.05, 3.63) is 35.4 Å². The Morgan fingerprint density at radius 1 is 1.30 bits per heavy atom. The molecular weight excluding hydrogens is 374 g/mol. The highest BCUT2D eigenvalue weighted by Gasteiger charge is 2.30. The molecule has 2 aliphatic heterocycles. The van der Waals surface area contributed by atoms with Gasteiger partial charge in [-0.2, -0.15) is 0 Å². The number of carbonyl (C=O) groups excluding carboxylic acids is 3. The molecule has 0 radical (unpaired) electrons. The van der Waals surface area contributed by atoms with E-state index in [1.807, 2.05) is 6.07 Å². The molecule has 0 bridgehead atoms. The first kappa shape index (κ1) is 19.1. The van der Waals surface area contributed by atoms with Gasteiger partial charge in [-0.3, -0.25) is 4.79 Å². The second-order valence-electron chi connectivity index (χ2n) is 5.60. The SMILES string of the molecule is CCOC(=O)/C=C1\SCC(=O)N1CCOC(=O)C1COc2ccccc2O1. The lowest BCUT2D eigenvalue weighted by atomic mass is 10.2. The normalized spacial score (nSPS) is 19.9. The molecule has 8 nitrogen and oxygen atoms in total. The van der Waals surface area contributed by atoms with Gasteiger partial charge in [-0.15, -0.1) is 0 Å². The highest BCUT2D eigenvalue weighted by molar-refractivity contribution is 8.04. The zero-order chi connectivity index (χ0) is 19.2. The number of carbonyl (C=O) groups is 3. The number of thioether (sulfide) groups is 1. The quantitative estimate of drug-likeness (QED) is 0.528. The van der Waals surface area contributed by atoms with Crippen molar-refractivity contribution >= 4 is 29.6 Å². The maximum Gasteiger partial charge on any atom is 0.351 e. The molecule has 27 heavy (non-hydrogen) atoms. The van der Waals surface area contributed by atoms with Gasteiger partial charge in [0.25, 0.3) is 0 Å². The number of benzene rings is 1. The summed E-state index contributed by atoms with van der Waals surface area (Å²) in [7, 11) is 0. The van der Waals surface area contributed by atoms with Crippen LogP contribution in [0, 0.1) is 0 Å². The summed E-state index contributed by atoms with van der Waals surface area (Å²) in [5.74, 6) is 0.0577. The summed E-state index contributed by atoms with van der Waals surface area (Å²) < 4.78 is 21.1. The molecule has 1 amide bonds. The first-order chi connectivity index (χ1) is 13.1. The Labute approximate surface area is 160 Å². The molecule has 1 fully saturated rings. The van der Waals surface area contributed by atoms with Crippen LogP contribution in [0.5, 0.6) is 11.5 Å². The van der Waals surface area contributed by atoms with Crippen LogP contribution in [0.15, 0.2) is 35.4 Å². The molecule has 3 rings (SSSR count). The van der Waals surface area contributed by atoms with E-state index in [2.05, 4.69) is 0 Å². The Kier molecular flexibility index (Phi) is 6.23. The van der Waals surface area contributed by atoms with Gasteiger partial charge in [0, 0.05) is 0 Å². The summed E-state index contributed by atoms with van der Waals surface area (Å²) >= 11 is 1.24. The predicted octanol–water partition coefficient (Wildman–Crippen LogP) is 1.35. The Morgan fingerprint density at radius 2 is 2.07 bits per heavy atom. The standard InChI is InChI=1S/C18H19NO7S/c1-2-23-17(21)9-16-19(15(20)11-27-16)7-8-24-18(22)14-10-25-12-5-3-4-6-13(12)26-14/h3-6,9,14H,2,7-8,10-11H2,1H3/b16-9-. The van der Waals surface area contributed by atoms with Crippen LogP contribution in [0.4, 0.5) is 0 Å². The summed E-state index contributed by atoms with van der Waals surface area (Å²) in [6, 6.07) is 7.06. The van der Waals surface area contributed by atoms with Crippen LogP contribution < -0.4 is 9.47 Å². The molecular formula is C18H19NO7S. The largest absolute Gasteiger partial charge is 0.485 e. The number of hydrogen-bond donors (Lipinski definition) is 0. The average molecular weight is 393 g/mol. The van der Waals surface area contributed by atoms with Crippen molar-refractivity contribution in [3.8, 4) is 11.5 Å². The van der Waals surface area contributed by atoms with Crippen LogP contribution in [0.1, 0.15) is 6.92 Å². The highest BCUT2D eigenvalue weighted by Crippen LogP contribution is 2.31. The smallest absolute Gasteiger partial charge is 0.351 e. The fourth-order valence-corrected chi connectivity index (χ4v) is 3.48. The third-order valence-electron chi connectivity index (χ3n) is 3.77. The van der Waals surface area contributed by atoms with Crippen LogP contribution in [-0.4, -0.2) is 61.0 Å². The summed E-state index contributed by atoms with van der Waals surface area (Å²) in [5.41, 5.74) is 0. The fourth-order valence-electron chi connectivity index (χ4n) is 2.52. The van der Waals surface area contributed by atoms with E-state index in [0.29, 0.717) is 16.5 Å². The van der Waals surface area contributed by atoms with E-state index < -0.39 is 18.0 Å². The van der Waals surface area contributed by atoms with Gasteiger partial charge in [0.05, 0.1) is 30.0 Å². The molecule has 1 aromatic carbocycles. The van der Waals surface area contributed by atoms with E-state index in [0.717, 1.165) is 0 Å². The number of para-hydroxylation sites is 2. The Hall–Kier alpha value is -2.68. The van der Waals surface area contributed by atoms with E-state index >= 15 is 0 Å². The Bertz CT molecular complexity index is 764. The Balaban J connectivity index is 1.50. The Morgan fingerprint density at radius 3 is 2.85 bits per heavy atom. The molecule has 144 valence electrons. The van der Waals surface area contributed by atoms with Gasteiger partial charge in [0.1, 0.15) is 13.2 Å².